The van der Waals surface area contributed by atoms with E-state index in [0.29, 0.717) is 30.8 Å². The van der Waals surface area contributed by atoms with Crippen molar-refractivity contribution in [3.63, 3.8) is 0 Å². The quantitative estimate of drug-likeness (QED) is 0.556. The molecule has 1 aromatic carbocycles. The summed E-state index contributed by atoms with van der Waals surface area (Å²) in [6, 6.07) is 4.61. The van der Waals surface area contributed by atoms with E-state index in [0.717, 1.165) is 19.3 Å². The molecule has 21 heavy (non-hydrogen) atoms. The highest BCUT2D eigenvalue weighted by Gasteiger charge is 2.13. The summed E-state index contributed by atoms with van der Waals surface area (Å²) in [6.07, 6.45) is 2.14. The van der Waals surface area contributed by atoms with E-state index in [2.05, 4.69) is 5.32 Å². The van der Waals surface area contributed by atoms with Crippen molar-refractivity contribution in [2.75, 3.05) is 26.0 Å². The number of ketones is 1. The van der Waals surface area contributed by atoms with Crippen molar-refractivity contribution in [1.82, 2.24) is 5.32 Å². The molecule has 0 fully saturated rings. The van der Waals surface area contributed by atoms with E-state index in [-0.39, 0.29) is 10.7 Å². The van der Waals surface area contributed by atoms with Crippen LogP contribution in [0, 0.1) is 0 Å². The summed E-state index contributed by atoms with van der Waals surface area (Å²) in [5.41, 5.74) is 1.24. The Hall–Kier alpha value is -1.24. The summed E-state index contributed by atoms with van der Waals surface area (Å²) in [7, 11) is -3.27. The smallest absolute Gasteiger partial charge is 0.175 e. The number of nitrogens with one attached hydrogen (secondary N) is 1. The maximum atomic E-state index is 11.6. The van der Waals surface area contributed by atoms with Crippen molar-refractivity contribution in [2.45, 2.75) is 31.7 Å². The van der Waals surface area contributed by atoms with Crippen LogP contribution in [0.1, 0.15) is 36.2 Å². The molecule has 6 heteroatoms. The van der Waals surface area contributed by atoms with Crippen LogP contribution in [0.2, 0.25) is 0 Å². The van der Waals surface area contributed by atoms with E-state index < -0.39 is 9.84 Å². The molecule has 5 nitrogen and oxygen atoms in total. The van der Waals surface area contributed by atoms with Gasteiger partial charge in [-0.3, -0.25) is 4.79 Å². The molecule has 0 aliphatic heterocycles. The Balaban J connectivity index is 2.75. The second-order valence-electron chi connectivity index (χ2n) is 4.94. The lowest BCUT2D eigenvalue weighted by Crippen LogP contribution is -2.21. The number of hydrogen-bond donors (Lipinski definition) is 1. The van der Waals surface area contributed by atoms with Crippen molar-refractivity contribution >= 4 is 15.6 Å². The molecule has 0 saturated carbocycles. The van der Waals surface area contributed by atoms with Crippen LogP contribution in [0.4, 0.5) is 0 Å². The molecule has 0 bridgehead atoms. The largest absolute Gasteiger partial charge is 0.380 e. The molecule has 1 aromatic rings. The van der Waals surface area contributed by atoms with Crippen LogP contribution in [-0.4, -0.2) is 40.2 Å². The third-order valence-corrected chi connectivity index (χ3v) is 4.08. The number of carbonyl (C=O) groups excluding carboxylic acids is 1. The fourth-order valence-corrected chi connectivity index (χ4v) is 2.58. The minimum atomic E-state index is -3.27. The highest BCUT2D eigenvalue weighted by atomic mass is 32.2. The molecule has 0 aromatic heterocycles. The topological polar surface area (TPSA) is 72.5 Å². The van der Waals surface area contributed by atoms with Crippen LogP contribution in [0.25, 0.3) is 0 Å². The first kappa shape index (κ1) is 17.8. The van der Waals surface area contributed by atoms with Crippen molar-refractivity contribution in [3.05, 3.63) is 29.3 Å². The summed E-state index contributed by atoms with van der Waals surface area (Å²) in [4.78, 5) is 11.8. The van der Waals surface area contributed by atoms with Crippen molar-refractivity contribution in [1.29, 1.82) is 0 Å². The zero-order valence-corrected chi connectivity index (χ0v) is 13.6. The predicted octanol–water partition coefficient (Wildman–Crippen LogP) is 1.81. The third kappa shape index (κ3) is 5.95. The zero-order chi connectivity index (χ0) is 15.9. The number of benzene rings is 1. The van der Waals surface area contributed by atoms with Gasteiger partial charge in [-0.25, -0.2) is 8.42 Å². The maximum absolute atomic E-state index is 11.6. The first-order chi connectivity index (χ1) is 9.86. The van der Waals surface area contributed by atoms with Crippen molar-refractivity contribution in [2.24, 2.45) is 0 Å². The Labute approximate surface area is 126 Å². The number of hydrogen-bond acceptors (Lipinski definition) is 5. The molecule has 0 atom stereocenters. The highest BCUT2D eigenvalue weighted by molar-refractivity contribution is 7.90. The Morgan fingerprint density at radius 1 is 1.29 bits per heavy atom. The third-order valence-electron chi connectivity index (χ3n) is 2.97. The van der Waals surface area contributed by atoms with Gasteiger partial charge in [-0.05, 0) is 37.1 Å². The zero-order valence-electron chi connectivity index (χ0n) is 12.8. The first-order valence-electron chi connectivity index (χ1n) is 6.98. The average molecular weight is 313 g/mol. The van der Waals surface area contributed by atoms with E-state index >= 15 is 0 Å². The summed E-state index contributed by atoms with van der Waals surface area (Å²) in [5.74, 6) is -0.0749. The Morgan fingerprint density at radius 3 is 2.57 bits per heavy atom. The normalized spacial score (nSPS) is 11.6. The number of sulfone groups is 1. The minimum absolute atomic E-state index is 0.0749. The molecule has 0 saturated heterocycles. The Morgan fingerprint density at radius 2 is 2.00 bits per heavy atom. The number of Topliss-reactive ketones (excluding diaryl/α,β-unsaturated/α-hetero) is 1. The van der Waals surface area contributed by atoms with Gasteiger partial charge < -0.3 is 10.1 Å². The van der Waals surface area contributed by atoms with Crippen molar-refractivity contribution < 1.29 is 17.9 Å². The van der Waals surface area contributed by atoms with Gasteiger partial charge in [0.15, 0.2) is 15.6 Å². The van der Waals surface area contributed by atoms with E-state index in [1.807, 2.05) is 6.92 Å². The Kier molecular flexibility index (Phi) is 7.01. The van der Waals surface area contributed by atoms with E-state index in [1.165, 1.54) is 13.0 Å². The lowest BCUT2D eigenvalue weighted by Gasteiger charge is -2.11. The summed E-state index contributed by atoms with van der Waals surface area (Å²) >= 11 is 0. The average Bonchev–Trinajstić information content (AvgIpc) is 2.41. The minimum Gasteiger partial charge on any atom is -0.380 e. The molecule has 0 heterocycles. The van der Waals surface area contributed by atoms with Gasteiger partial charge in [-0.1, -0.05) is 6.92 Å². The molecule has 118 valence electrons. The van der Waals surface area contributed by atoms with E-state index in [1.54, 1.807) is 12.1 Å². The summed E-state index contributed by atoms with van der Waals surface area (Å²) in [5, 5.41) is 3.16. The van der Waals surface area contributed by atoms with Gasteiger partial charge in [0.2, 0.25) is 0 Å². The number of ether oxygens (including phenoxy) is 1. The van der Waals surface area contributed by atoms with Crippen molar-refractivity contribution in [3.8, 4) is 0 Å². The maximum Gasteiger partial charge on any atom is 0.175 e. The second-order valence-corrected chi connectivity index (χ2v) is 6.95. The summed E-state index contributed by atoms with van der Waals surface area (Å²) < 4.78 is 28.5. The fourth-order valence-electron chi connectivity index (χ4n) is 1.90. The van der Waals surface area contributed by atoms with Gasteiger partial charge in [0.25, 0.3) is 0 Å². The monoisotopic (exact) mass is 313 g/mol. The van der Waals surface area contributed by atoms with Crippen LogP contribution < -0.4 is 5.32 Å². The molecule has 1 rings (SSSR count). The number of rotatable bonds is 9. The molecule has 0 spiro atoms. The van der Waals surface area contributed by atoms with Gasteiger partial charge in [0, 0.05) is 31.5 Å². The SMILES string of the molecule is CCCOCCNCc1cc(S(C)(=O)=O)ccc1C(C)=O. The molecule has 0 amide bonds. The predicted molar refractivity (Wildman–Crippen MR) is 82.4 cm³/mol. The lowest BCUT2D eigenvalue weighted by atomic mass is 10.0. The second kappa shape index (κ2) is 8.26. The fraction of sp³-hybridized carbons (Fsp3) is 0.533. The van der Waals surface area contributed by atoms with Gasteiger partial charge in [0.1, 0.15) is 0 Å². The molecule has 0 aliphatic carbocycles. The molecular weight excluding hydrogens is 290 g/mol. The van der Waals surface area contributed by atoms with Gasteiger partial charge >= 0.3 is 0 Å². The standard InChI is InChI=1S/C15H23NO4S/c1-4-8-20-9-7-16-11-13-10-14(21(3,18)19)5-6-15(13)12(2)17/h5-6,10,16H,4,7-9,11H2,1-3H3. The lowest BCUT2D eigenvalue weighted by molar-refractivity contribution is 0.101. The van der Waals surface area contributed by atoms with Gasteiger partial charge in [-0.15, -0.1) is 0 Å². The van der Waals surface area contributed by atoms with Crippen LogP contribution in [0.15, 0.2) is 23.1 Å². The number of carbonyl (C=O) groups is 1. The molecule has 1 N–H and O–H groups in total. The van der Waals surface area contributed by atoms with Crippen LogP contribution in [0.3, 0.4) is 0 Å². The molecule has 0 aliphatic rings. The summed E-state index contributed by atoms with van der Waals surface area (Å²) in [6.45, 7) is 5.93. The van der Waals surface area contributed by atoms with E-state index in [4.69, 9.17) is 4.74 Å². The Bertz CT molecular complexity index is 581. The van der Waals surface area contributed by atoms with Crippen LogP contribution in [-0.2, 0) is 21.1 Å². The molecule has 0 unspecified atom stereocenters. The highest BCUT2D eigenvalue weighted by Crippen LogP contribution is 2.16. The molecule has 0 radical (unpaired) electrons. The van der Waals surface area contributed by atoms with E-state index in [9.17, 15) is 13.2 Å². The first-order valence-corrected chi connectivity index (χ1v) is 8.87. The van der Waals surface area contributed by atoms with Crippen LogP contribution >= 0.6 is 0 Å². The van der Waals surface area contributed by atoms with Crippen LogP contribution in [0.5, 0.6) is 0 Å². The van der Waals surface area contributed by atoms with Gasteiger partial charge in [-0.2, -0.15) is 0 Å². The molecular formula is C15H23NO4S. The van der Waals surface area contributed by atoms with Gasteiger partial charge in [0.05, 0.1) is 11.5 Å².